The van der Waals surface area contributed by atoms with Gasteiger partial charge in [0.1, 0.15) is 17.3 Å². The van der Waals surface area contributed by atoms with Crippen LogP contribution in [0.3, 0.4) is 0 Å². The Balaban J connectivity index is 2.63. The van der Waals surface area contributed by atoms with Crippen LogP contribution in [0.1, 0.15) is 13.8 Å². The lowest BCUT2D eigenvalue weighted by Crippen LogP contribution is -2.43. The van der Waals surface area contributed by atoms with Crippen molar-refractivity contribution < 1.29 is 14.3 Å². The Labute approximate surface area is 136 Å². The predicted molar refractivity (Wildman–Crippen MR) is 91.1 cm³/mol. The van der Waals surface area contributed by atoms with Crippen molar-refractivity contribution in [3.05, 3.63) is 24.3 Å². The molecule has 0 aliphatic heterocycles. The second kappa shape index (κ2) is 9.35. The molecular formula is C16H24N2O3S. The SMILES string of the molecule is COc1ccc(OCC(=O)N(CCSC)C(=N)C(C)C)cc1. The normalized spacial score (nSPS) is 10.4. The van der Waals surface area contributed by atoms with Gasteiger partial charge in [-0.3, -0.25) is 15.1 Å². The monoisotopic (exact) mass is 324 g/mol. The van der Waals surface area contributed by atoms with Crippen LogP contribution in [-0.2, 0) is 4.79 Å². The van der Waals surface area contributed by atoms with Crippen LogP contribution in [0.25, 0.3) is 0 Å². The minimum Gasteiger partial charge on any atom is -0.497 e. The van der Waals surface area contributed by atoms with Gasteiger partial charge >= 0.3 is 0 Å². The molecule has 0 aliphatic rings. The molecule has 0 bridgehead atoms. The summed E-state index contributed by atoms with van der Waals surface area (Å²) in [6.07, 6.45) is 1.98. The number of hydrogen-bond acceptors (Lipinski definition) is 5. The number of ether oxygens (including phenoxy) is 2. The fraction of sp³-hybridized carbons (Fsp3) is 0.500. The van der Waals surface area contributed by atoms with Crippen LogP contribution < -0.4 is 9.47 Å². The number of hydrogen-bond donors (Lipinski definition) is 1. The van der Waals surface area contributed by atoms with E-state index in [1.54, 1.807) is 43.1 Å². The molecule has 0 fully saturated rings. The number of methoxy groups -OCH3 is 1. The summed E-state index contributed by atoms with van der Waals surface area (Å²) in [6, 6.07) is 7.07. The smallest absolute Gasteiger partial charge is 0.265 e. The zero-order valence-electron chi connectivity index (χ0n) is 13.6. The highest BCUT2D eigenvalue weighted by atomic mass is 32.2. The lowest BCUT2D eigenvalue weighted by atomic mass is 10.2. The molecule has 0 unspecified atom stereocenters. The number of nitrogens with one attached hydrogen (secondary N) is 1. The van der Waals surface area contributed by atoms with E-state index < -0.39 is 0 Å². The molecule has 0 saturated heterocycles. The van der Waals surface area contributed by atoms with Crippen molar-refractivity contribution in [2.75, 3.05) is 32.3 Å². The van der Waals surface area contributed by atoms with E-state index in [9.17, 15) is 4.79 Å². The number of amidine groups is 1. The summed E-state index contributed by atoms with van der Waals surface area (Å²) in [5.74, 6) is 2.29. The van der Waals surface area contributed by atoms with Crippen LogP contribution in [0, 0.1) is 11.3 Å². The Morgan fingerprint density at radius 3 is 2.36 bits per heavy atom. The molecule has 1 amide bonds. The van der Waals surface area contributed by atoms with E-state index in [-0.39, 0.29) is 18.4 Å². The number of nitrogens with zero attached hydrogens (tertiary/aromatic N) is 1. The van der Waals surface area contributed by atoms with E-state index in [1.807, 2.05) is 20.1 Å². The summed E-state index contributed by atoms with van der Waals surface area (Å²) in [4.78, 5) is 13.8. The van der Waals surface area contributed by atoms with Crippen molar-refractivity contribution in [2.45, 2.75) is 13.8 Å². The van der Waals surface area contributed by atoms with Gasteiger partial charge in [0.05, 0.1) is 7.11 Å². The van der Waals surface area contributed by atoms with Crippen LogP contribution in [0.5, 0.6) is 11.5 Å². The molecule has 5 nitrogen and oxygen atoms in total. The molecule has 0 radical (unpaired) electrons. The first kappa shape index (κ1) is 18.4. The summed E-state index contributed by atoms with van der Waals surface area (Å²) < 4.78 is 10.6. The highest BCUT2D eigenvalue weighted by Crippen LogP contribution is 2.17. The number of carbonyl (C=O) groups is 1. The summed E-state index contributed by atoms with van der Waals surface area (Å²) in [6.45, 7) is 4.27. The highest BCUT2D eigenvalue weighted by molar-refractivity contribution is 7.98. The van der Waals surface area contributed by atoms with Gasteiger partial charge in [-0.2, -0.15) is 11.8 Å². The number of thioether (sulfide) groups is 1. The maximum Gasteiger partial charge on any atom is 0.265 e. The Hall–Kier alpha value is -1.69. The molecule has 22 heavy (non-hydrogen) atoms. The number of benzene rings is 1. The third-order valence-corrected chi connectivity index (χ3v) is 3.67. The van der Waals surface area contributed by atoms with E-state index in [0.29, 0.717) is 18.1 Å². The van der Waals surface area contributed by atoms with Gasteiger partial charge in [-0.1, -0.05) is 13.8 Å². The molecule has 0 aliphatic carbocycles. The molecule has 0 atom stereocenters. The molecule has 1 rings (SSSR count). The minimum atomic E-state index is -0.191. The molecule has 1 aromatic rings. The van der Waals surface area contributed by atoms with Gasteiger partial charge in [0.2, 0.25) is 0 Å². The van der Waals surface area contributed by atoms with Gasteiger partial charge in [0.15, 0.2) is 6.61 Å². The fourth-order valence-corrected chi connectivity index (χ4v) is 2.13. The Morgan fingerprint density at radius 1 is 1.27 bits per heavy atom. The van der Waals surface area contributed by atoms with Crippen molar-refractivity contribution in [1.82, 2.24) is 4.90 Å². The summed E-state index contributed by atoms with van der Waals surface area (Å²) in [5, 5.41) is 8.07. The molecule has 0 spiro atoms. The van der Waals surface area contributed by atoms with Crippen molar-refractivity contribution in [3.8, 4) is 11.5 Å². The van der Waals surface area contributed by atoms with Crippen molar-refractivity contribution in [1.29, 1.82) is 5.41 Å². The van der Waals surface area contributed by atoms with Crippen LogP contribution in [0.15, 0.2) is 24.3 Å². The third-order valence-electron chi connectivity index (χ3n) is 3.08. The summed E-state index contributed by atoms with van der Waals surface area (Å²) >= 11 is 1.65. The summed E-state index contributed by atoms with van der Waals surface area (Å²) in [7, 11) is 1.60. The molecule has 122 valence electrons. The fourth-order valence-electron chi connectivity index (χ4n) is 1.77. The van der Waals surface area contributed by atoms with E-state index >= 15 is 0 Å². The van der Waals surface area contributed by atoms with Crippen LogP contribution in [0.4, 0.5) is 0 Å². The second-order valence-corrected chi connectivity index (χ2v) is 6.03. The average Bonchev–Trinajstić information content (AvgIpc) is 2.53. The zero-order chi connectivity index (χ0) is 16.5. The molecule has 1 N–H and O–H groups in total. The standard InChI is InChI=1S/C16H24N2O3S/c1-12(2)16(17)18(9-10-22-4)15(19)11-21-14-7-5-13(20-3)6-8-14/h5-8,12,17H,9-11H2,1-4H3. The lowest BCUT2D eigenvalue weighted by Gasteiger charge is -2.25. The van der Waals surface area contributed by atoms with Gasteiger partial charge in [-0.15, -0.1) is 0 Å². The zero-order valence-corrected chi connectivity index (χ0v) is 14.4. The Bertz CT molecular complexity index is 489. The van der Waals surface area contributed by atoms with E-state index in [0.717, 1.165) is 11.5 Å². The molecule has 1 aromatic carbocycles. The Morgan fingerprint density at radius 2 is 1.86 bits per heavy atom. The van der Waals surface area contributed by atoms with Crippen LogP contribution in [-0.4, -0.2) is 48.9 Å². The maximum atomic E-state index is 12.3. The lowest BCUT2D eigenvalue weighted by molar-refractivity contribution is -0.129. The topological polar surface area (TPSA) is 62.6 Å². The first-order valence-electron chi connectivity index (χ1n) is 7.14. The average molecular weight is 324 g/mol. The third kappa shape index (κ3) is 5.60. The molecule has 6 heteroatoms. The van der Waals surface area contributed by atoms with Gasteiger partial charge in [-0.25, -0.2) is 0 Å². The van der Waals surface area contributed by atoms with Crippen molar-refractivity contribution in [2.24, 2.45) is 5.92 Å². The highest BCUT2D eigenvalue weighted by Gasteiger charge is 2.20. The minimum absolute atomic E-state index is 0.00629. The first-order valence-corrected chi connectivity index (χ1v) is 8.53. The first-order chi connectivity index (χ1) is 10.5. The van der Waals surface area contributed by atoms with E-state index in [1.165, 1.54) is 4.90 Å². The molecular weight excluding hydrogens is 300 g/mol. The number of amides is 1. The Kier molecular flexibility index (Phi) is 7.80. The van der Waals surface area contributed by atoms with Gasteiger partial charge in [-0.05, 0) is 30.5 Å². The molecule has 0 aromatic heterocycles. The van der Waals surface area contributed by atoms with Crippen LogP contribution in [0.2, 0.25) is 0 Å². The van der Waals surface area contributed by atoms with E-state index in [2.05, 4.69) is 0 Å². The molecule has 0 heterocycles. The maximum absolute atomic E-state index is 12.3. The second-order valence-electron chi connectivity index (χ2n) is 5.04. The quantitative estimate of drug-likeness (QED) is 0.590. The van der Waals surface area contributed by atoms with Gasteiger partial charge < -0.3 is 9.47 Å². The van der Waals surface area contributed by atoms with Crippen LogP contribution >= 0.6 is 11.8 Å². The van der Waals surface area contributed by atoms with Gasteiger partial charge in [0, 0.05) is 18.2 Å². The number of rotatable bonds is 8. The van der Waals surface area contributed by atoms with Crippen molar-refractivity contribution >= 4 is 23.5 Å². The largest absolute Gasteiger partial charge is 0.497 e. The predicted octanol–water partition coefficient (Wildman–Crippen LogP) is 2.90. The number of carbonyl (C=O) groups excluding carboxylic acids is 1. The van der Waals surface area contributed by atoms with Crippen molar-refractivity contribution in [3.63, 3.8) is 0 Å². The van der Waals surface area contributed by atoms with E-state index in [4.69, 9.17) is 14.9 Å². The molecule has 0 saturated carbocycles. The summed E-state index contributed by atoms with van der Waals surface area (Å²) in [5.41, 5.74) is 0. The van der Waals surface area contributed by atoms with Gasteiger partial charge in [0.25, 0.3) is 5.91 Å².